The maximum Gasteiger partial charge on any atom is 0.341 e. The van der Waals surface area contributed by atoms with E-state index in [-0.39, 0.29) is 21.6 Å². The van der Waals surface area contributed by atoms with Crippen molar-refractivity contribution in [3.05, 3.63) is 68.7 Å². The van der Waals surface area contributed by atoms with E-state index in [1.807, 2.05) is 17.0 Å². The first-order valence-corrected chi connectivity index (χ1v) is 10.8. The molecule has 8 nitrogen and oxygen atoms in total. The number of nitrogens with one attached hydrogen (secondary N) is 1. The molecular weight excluding hydrogens is 451 g/mol. The number of aromatic carboxylic acids is 1. The van der Waals surface area contributed by atoms with Crippen LogP contribution in [0.15, 0.2) is 41.3 Å². The number of pyridine rings is 1. The third kappa shape index (κ3) is 4.45. The number of hydrogen-bond donors (Lipinski definition) is 2. The summed E-state index contributed by atoms with van der Waals surface area (Å²) in [5.74, 6) is -2.05. The molecule has 1 aliphatic rings. The van der Waals surface area contributed by atoms with Gasteiger partial charge in [-0.2, -0.15) is 5.06 Å². The van der Waals surface area contributed by atoms with Crippen LogP contribution in [0.2, 0.25) is 5.02 Å². The maximum absolute atomic E-state index is 15.2. The number of hydrogen-bond acceptors (Lipinski definition) is 6. The number of rotatable bonds is 6. The van der Waals surface area contributed by atoms with Crippen LogP contribution in [0.4, 0.5) is 10.1 Å². The summed E-state index contributed by atoms with van der Waals surface area (Å²) in [6.07, 6.45) is 1.24. The average molecular weight is 475 g/mol. The predicted octanol–water partition coefficient (Wildman–Crippen LogP) is 2.88. The highest BCUT2D eigenvalue weighted by Gasteiger charge is 2.25. The van der Waals surface area contributed by atoms with Gasteiger partial charge in [-0.3, -0.25) is 4.79 Å². The van der Waals surface area contributed by atoms with Crippen LogP contribution in [0.1, 0.15) is 15.9 Å². The van der Waals surface area contributed by atoms with E-state index in [1.165, 1.54) is 10.8 Å². The number of carboxylic acid groups (broad SMARTS) is 1. The van der Waals surface area contributed by atoms with Gasteiger partial charge in [0, 0.05) is 51.7 Å². The quantitative estimate of drug-likeness (QED) is 0.531. The monoisotopic (exact) mass is 474 g/mol. The topological polar surface area (TPSA) is 87.0 Å². The fraction of sp³-hybridized carbons (Fsp3) is 0.304. The predicted molar refractivity (Wildman–Crippen MR) is 125 cm³/mol. The third-order valence-corrected chi connectivity index (χ3v) is 6.11. The first-order chi connectivity index (χ1) is 15.8. The van der Waals surface area contributed by atoms with E-state index in [0.29, 0.717) is 38.4 Å². The summed E-state index contributed by atoms with van der Waals surface area (Å²) < 4.78 is 16.7. The highest BCUT2D eigenvalue weighted by atomic mass is 35.5. The van der Waals surface area contributed by atoms with Crippen LogP contribution in [-0.4, -0.2) is 61.0 Å². The van der Waals surface area contributed by atoms with Crippen molar-refractivity contribution in [2.45, 2.75) is 6.54 Å². The van der Waals surface area contributed by atoms with Gasteiger partial charge in [-0.25, -0.2) is 9.18 Å². The number of fused-ring (bicyclic) bond motifs is 1. The number of carboxylic acids is 1. The lowest BCUT2D eigenvalue weighted by Gasteiger charge is -2.31. The molecule has 0 atom stereocenters. The molecule has 174 valence electrons. The minimum Gasteiger partial charge on any atom is -0.477 e. The molecule has 1 aromatic heterocycles. The van der Waals surface area contributed by atoms with Gasteiger partial charge >= 0.3 is 5.97 Å². The minimum atomic E-state index is -1.39. The number of piperazine rings is 1. The molecule has 0 amide bonds. The molecule has 0 aliphatic carbocycles. The van der Waals surface area contributed by atoms with E-state index in [1.54, 1.807) is 31.4 Å². The van der Waals surface area contributed by atoms with Crippen molar-refractivity contribution in [1.29, 1.82) is 0 Å². The molecule has 1 saturated heterocycles. The molecule has 1 fully saturated rings. The molecule has 3 aromatic rings. The van der Waals surface area contributed by atoms with Gasteiger partial charge in [0.2, 0.25) is 5.43 Å². The second-order valence-corrected chi connectivity index (χ2v) is 8.21. The lowest BCUT2D eigenvalue weighted by molar-refractivity contribution is -0.116. The van der Waals surface area contributed by atoms with Crippen molar-refractivity contribution in [2.75, 3.05) is 45.2 Å². The first-order valence-electron chi connectivity index (χ1n) is 10.4. The van der Waals surface area contributed by atoms with Gasteiger partial charge in [0.25, 0.3) is 0 Å². The Bertz CT molecular complexity index is 1260. The second kappa shape index (κ2) is 9.48. The van der Waals surface area contributed by atoms with Crippen LogP contribution in [0, 0.1) is 5.82 Å². The van der Waals surface area contributed by atoms with Crippen molar-refractivity contribution in [2.24, 2.45) is 0 Å². The Balaban J connectivity index is 1.94. The highest BCUT2D eigenvalue weighted by molar-refractivity contribution is 6.38. The van der Waals surface area contributed by atoms with Gasteiger partial charge < -0.3 is 24.7 Å². The number of anilines is 1. The summed E-state index contributed by atoms with van der Waals surface area (Å²) in [6, 6.07) is 8.40. The van der Waals surface area contributed by atoms with Crippen molar-refractivity contribution < 1.29 is 19.1 Å². The van der Waals surface area contributed by atoms with Crippen molar-refractivity contribution in [3.63, 3.8) is 0 Å². The molecule has 2 N–H and O–H groups in total. The molecule has 1 aliphatic heterocycles. The summed E-state index contributed by atoms with van der Waals surface area (Å²) in [5.41, 5.74) is 0.788. The fourth-order valence-electron chi connectivity index (χ4n) is 4.02. The normalized spacial score (nSPS) is 14.3. The van der Waals surface area contributed by atoms with E-state index >= 15 is 4.39 Å². The summed E-state index contributed by atoms with van der Waals surface area (Å²) in [4.78, 5) is 31.6. The van der Waals surface area contributed by atoms with E-state index < -0.39 is 22.8 Å². The van der Waals surface area contributed by atoms with Crippen molar-refractivity contribution in [3.8, 4) is 5.69 Å². The molecule has 33 heavy (non-hydrogen) atoms. The fourth-order valence-corrected chi connectivity index (χ4v) is 4.43. The number of benzene rings is 2. The summed E-state index contributed by atoms with van der Waals surface area (Å²) in [7, 11) is 3.37. The molecular formula is C23H24ClFN4O4. The van der Waals surface area contributed by atoms with E-state index in [9.17, 15) is 14.7 Å². The Morgan fingerprint density at radius 2 is 1.94 bits per heavy atom. The van der Waals surface area contributed by atoms with Gasteiger partial charge in [-0.1, -0.05) is 23.7 Å². The van der Waals surface area contributed by atoms with Gasteiger partial charge in [-0.15, -0.1) is 0 Å². The van der Waals surface area contributed by atoms with E-state index in [0.717, 1.165) is 11.6 Å². The van der Waals surface area contributed by atoms with E-state index in [4.69, 9.17) is 16.4 Å². The SMILES string of the molecule is CON(C)Cc1ccc(-n2cc(C(=O)O)c(=O)c3cc(F)c(N4CCNCC4)c(Cl)c32)cc1. The number of nitrogens with zero attached hydrogens (tertiary/aromatic N) is 3. The average Bonchev–Trinajstić information content (AvgIpc) is 2.80. The molecule has 0 radical (unpaired) electrons. The maximum atomic E-state index is 15.2. The van der Waals surface area contributed by atoms with Crippen molar-refractivity contribution >= 4 is 34.2 Å². The Kier molecular flexibility index (Phi) is 6.66. The highest BCUT2D eigenvalue weighted by Crippen LogP contribution is 2.36. The standard InChI is InChI=1S/C23H24ClFN4O4/c1-27(33-2)12-14-3-5-15(6-4-14)29-13-17(23(31)32)22(30)16-11-18(25)21(19(24)20(16)29)28-9-7-26-8-10-28/h3-6,11,13,26H,7-10,12H2,1-2H3,(H,31,32). The molecule has 0 unspecified atom stereocenters. The minimum absolute atomic E-state index is 0.0733. The molecule has 0 saturated carbocycles. The Morgan fingerprint density at radius 3 is 2.55 bits per heavy atom. The number of halogens is 2. The zero-order valence-corrected chi connectivity index (χ0v) is 19.0. The number of hydroxylamine groups is 2. The zero-order valence-electron chi connectivity index (χ0n) is 18.3. The Morgan fingerprint density at radius 1 is 1.27 bits per heavy atom. The van der Waals surface area contributed by atoms with Gasteiger partial charge in [-0.05, 0) is 23.8 Å². The zero-order chi connectivity index (χ0) is 23.7. The second-order valence-electron chi connectivity index (χ2n) is 7.84. The molecule has 4 rings (SSSR count). The summed E-state index contributed by atoms with van der Waals surface area (Å²) >= 11 is 6.73. The van der Waals surface area contributed by atoms with Crippen LogP contribution in [0.25, 0.3) is 16.6 Å². The van der Waals surface area contributed by atoms with Gasteiger partial charge in [0.1, 0.15) is 11.4 Å². The number of carbonyl (C=O) groups is 1. The van der Waals surface area contributed by atoms with Gasteiger partial charge in [0.05, 0.1) is 28.7 Å². The van der Waals surface area contributed by atoms with E-state index in [2.05, 4.69) is 5.32 Å². The number of aromatic nitrogens is 1. The lowest BCUT2D eigenvalue weighted by Crippen LogP contribution is -2.44. The van der Waals surface area contributed by atoms with Gasteiger partial charge in [0.15, 0.2) is 0 Å². The van der Waals surface area contributed by atoms with Crippen molar-refractivity contribution in [1.82, 2.24) is 14.9 Å². The van der Waals surface area contributed by atoms with Crippen LogP contribution in [0.3, 0.4) is 0 Å². The van der Waals surface area contributed by atoms with Crippen LogP contribution < -0.4 is 15.6 Å². The Labute approximate surface area is 194 Å². The Hall–Kier alpha value is -2.98. The molecule has 2 aromatic carbocycles. The molecule has 10 heteroatoms. The van der Waals surface area contributed by atoms with Crippen LogP contribution in [0.5, 0.6) is 0 Å². The summed E-state index contributed by atoms with van der Waals surface area (Å²) in [5, 5.41) is 14.4. The largest absolute Gasteiger partial charge is 0.477 e. The molecule has 0 bridgehead atoms. The first kappa shape index (κ1) is 23.2. The van der Waals surface area contributed by atoms with Crippen LogP contribution >= 0.6 is 11.6 Å². The smallest absolute Gasteiger partial charge is 0.341 e. The molecule has 0 spiro atoms. The third-order valence-electron chi connectivity index (χ3n) is 5.75. The molecule has 2 heterocycles. The summed E-state index contributed by atoms with van der Waals surface area (Å²) in [6.45, 7) is 3.01. The lowest BCUT2D eigenvalue weighted by atomic mass is 10.1. The van der Waals surface area contributed by atoms with Crippen LogP contribution in [-0.2, 0) is 11.4 Å².